The molecule has 0 saturated heterocycles. The molecule has 2 heterocycles. The molecule has 5 nitrogen and oxygen atoms in total. The van der Waals surface area contributed by atoms with Crippen molar-refractivity contribution in [2.45, 2.75) is 0 Å². The molecule has 2 N–H and O–H groups in total. The topological polar surface area (TPSA) is 70.7 Å². The Kier molecular flexibility index (Phi) is 3.24. The highest BCUT2D eigenvalue weighted by atomic mass is 16.1. The summed E-state index contributed by atoms with van der Waals surface area (Å²) in [5.41, 5.74) is 3.07. The first-order valence-electron chi connectivity index (χ1n) is 6.14. The monoisotopic (exact) mass is 264 g/mol. The van der Waals surface area contributed by atoms with E-state index in [0.717, 1.165) is 16.9 Å². The molecule has 0 radical (unpaired) electrons. The van der Waals surface area contributed by atoms with Crippen LogP contribution in [0.4, 0.5) is 5.69 Å². The number of aromatic amines is 1. The second-order valence-electron chi connectivity index (χ2n) is 4.21. The van der Waals surface area contributed by atoms with E-state index in [1.807, 2.05) is 24.3 Å². The molecule has 3 aromatic rings. The molecule has 0 aliphatic rings. The number of imidazole rings is 1. The SMILES string of the molecule is O=C(Nc1ccc(-c2cnc[nH]2)cc1)c1ccccn1. The van der Waals surface area contributed by atoms with Crippen molar-refractivity contribution in [3.05, 3.63) is 66.9 Å². The fraction of sp³-hybridized carbons (Fsp3) is 0. The molecular formula is C15H12N4O. The van der Waals surface area contributed by atoms with Crippen molar-refractivity contribution in [1.82, 2.24) is 15.0 Å². The van der Waals surface area contributed by atoms with E-state index in [9.17, 15) is 4.79 Å². The van der Waals surface area contributed by atoms with Gasteiger partial charge in [-0.25, -0.2) is 4.98 Å². The number of nitrogens with zero attached hydrogens (tertiary/aromatic N) is 2. The predicted octanol–water partition coefficient (Wildman–Crippen LogP) is 2.72. The van der Waals surface area contributed by atoms with Gasteiger partial charge in [0.2, 0.25) is 0 Å². The smallest absolute Gasteiger partial charge is 0.274 e. The number of carbonyl (C=O) groups is 1. The fourth-order valence-corrected chi connectivity index (χ4v) is 1.84. The van der Waals surface area contributed by atoms with Crippen molar-refractivity contribution in [2.75, 3.05) is 5.32 Å². The summed E-state index contributed by atoms with van der Waals surface area (Å²) < 4.78 is 0. The molecule has 1 amide bonds. The molecule has 3 rings (SSSR count). The van der Waals surface area contributed by atoms with Gasteiger partial charge in [0.1, 0.15) is 5.69 Å². The maximum Gasteiger partial charge on any atom is 0.274 e. The zero-order valence-corrected chi connectivity index (χ0v) is 10.6. The van der Waals surface area contributed by atoms with Gasteiger partial charge in [-0.05, 0) is 29.8 Å². The second-order valence-corrected chi connectivity index (χ2v) is 4.21. The Hall–Kier alpha value is -2.95. The molecule has 0 bridgehead atoms. The Morgan fingerprint density at radius 2 is 1.95 bits per heavy atom. The third kappa shape index (κ3) is 2.56. The van der Waals surface area contributed by atoms with Gasteiger partial charge in [-0.1, -0.05) is 18.2 Å². The standard InChI is InChI=1S/C15H12N4O/c20-15(13-3-1-2-8-17-13)19-12-6-4-11(5-7-12)14-9-16-10-18-14/h1-10H,(H,16,18)(H,19,20). The molecule has 0 saturated carbocycles. The Balaban J connectivity index is 1.74. The number of H-pyrrole nitrogens is 1. The van der Waals surface area contributed by atoms with Crippen LogP contribution in [-0.2, 0) is 0 Å². The van der Waals surface area contributed by atoms with Crippen molar-refractivity contribution >= 4 is 11.6 Å². The summed E-state index contributed by atoms with van der Waals surface area (Å²) in [7, 11) is 0. The van der Waals surface area contributed by atoms with E-state index in [2.05, 4.69) is 20.3 Å². The lowest BCUT2D eigenvalue weighted by molar-refractivity contribution is 0.102. The zero-order chi connectivity index (χ0) is 13.8. The van der Waals surface area contributed by atoms with Crippen LogP contribution in [0.15, 0.2) is 61.2 Å². The Labute approximate surface area is 115 Å². The summed E-state index contributed by atoms with van der Waals surface area (Å²) in [6, 6.07) is 12.8. The van der Waals surface area contributed by atoms with Crippen LogP contribution in [0.5, 0.6) is 0 Å². The zero-order valence-electron chi connectivity index (χ0n) is 10.6. The third-order valence-corrected chi connectivity index (χ3v) is 2.85. The molecule has 0 spiro atoms. The summed E-state index contributed by atoms with van der Waals surface area (Å²) in [4.78, 5) is 23.0. The number of hydrogen-bond donors (Lipinski definition) is 2. The van der Waals surface area contributed by atoms with E-state index in [1.165, 1.54) is 0 Å². The van der Waals surface area contributed by atoms with Gasteiger partial charge in [-0.3, -0.25) is 9.78 Å². The Morgan fingerprint density at radius 3 is 2.60 bits per heavy atom. The number of amides is 1. The van der Waals surface area contributed by atoms with Gasteiger partial charge >= 0.3 is 0 Å². The fourth-order valence-electron chi connectivity index (χ4n) is 1.84. The van der Waals surface area contributed by atoms with Gasteiger partial charge in [0.15, 0.2) is 0 Å². The molecule has 0 atom stereocenters. The van der Waals surface area contributed by atoms with E-state index in [0.29, 0.717) is 5.69 Å². The first-order chi connectivity index (χ1) is 9.83. The highest BCUT2D eigenvalue weighted by Crippen LogP contribution is 2.18. The van der Waals surface area contributed by atoms with Crippen LogP contribution in [0.3, 0.4) is 0 Å². The van der Waals surface area contributed by atoms with Gasteiger partial charge < -0.3 is 10.3 Å². The van der Waals surface area contributed by atoms with E-state index < -0.39 is 0 Å². The van der Waals surface area contributed by atoms with E-state index >= 15 is 0 Å². The van der Waals surface area contributed by atoms with E-state index in [-0.39, 0.29) is 5.91 Å². The van der Waals surface area contributed by atoms with Crippen LogP contribution in [-0.4, -0.2) is 20.9 Å². The number of hydrogen-bond acceptors (Lipinski definition) is 3. The minimum atomic E-state index is -0.222. The van der Waals surface area contributed by atoms with E-state index in [1.54, 1.807) is 36.9 Å². The number of aromatic nitrogens is 3. The Bertz CT molecular complexity index is 691. The molecule has 98 valence electrons. The molecule has 0 unspecified atom stereocenters. The van der Waals surface area contributed by atoms with Crippen LogP contribution in [0.25, 0.3) is 11.3 Å². The van der Waals surface area contributed by atoms with Gasteiger partial charge in [0, 0.05) is 11.9 Å². The van der Waals surface area contributed by atoms with Crippen molar-refractivity contribution in [1.29, 1.82) is 0 Å². The van der Waals surface area contributed by atoms with Gasteiger partial charge in [-0.2, -0.15) is 0 Å². The first kappa shape index (κ1) is 12.1. The Morgan fingerprint density at radius 1 is 1.10 bits per heavy atom. The average Bonchev–Trinajstić information content (AvgIpc) is 3.03. The average molecular weight is 264 g/mol. The minimum Gasteiger partial charge on any atom is -0.345 e. The summed E-state index contributed by atoms with van der Waals surface area (Å²) in [5.74, 6) is -0.222. The van der Waals surface area contributed by atoms with Crippen molar-refractivity contribution < 1.29 is 4.79 Å². The minimum absolute atomic E-state index is 0.222. The molecular weight excluding hydrogens is 252 g/mol. The number of benzene rings is 1. The maximum atomic E-state index is 11.9. The summed E-state index contributed by atoms with van der Waals surface area (Å²) in [6.07, 6.45) is 4.98. The normalized spacial score (nSPS) is 10.2. The second kappa shape index (κ2) is 5.36. The van der Waals surface area contributed by atoms with Gasteiger partial charge in [0.05, 0.1) is 18.2 Å². The predicted molar refractivity (Wildman–Crippen MR) is 76.2 cm³/mol. The molecule has 2 aromatic heterocycles. The van der Waals surface area contributed by atoms with Crippen molar-refractivity contribution in [3.8, 4) is 11.3 Å². The molecule has 5 heteroatoms. The first-order valence-corrected chi connectivity index (χ1v) is 6.14. The number of rotatable bonds is 3. The largest absolute Gasteiger partial charge is 0.345 e. The lowest BCUT2D eigenvalue weighted by Gasteiger charge is -2.05. The highest BCUT2D eigenvalue weighted by Gasteiger charge is 2.06. The number of nitrogens with one attached hydrogen (secondary N) is 2. The third-order valence-electron chi connectivity index (χ3n) is 2.85. The molecule has 20 heavy (non-hydrogen) atoms. The van der Waals surface area contributed by atoms with Crippen LogP contribution < -0.4 is 5.32 Å². The molecule has 0 fully saturated rings. The summed E-state index contributed by atoms with van der Waals surface area (Å²) in [5, 5.41) is 2.80. The highest BCUT2D eigenvalue weighted by molar-refractivity contribution is 6.02. The van der Waals surface area contributed by atoms with E-state index in [4.69, 9.17) is 0 Å². The van der Waals surface area contributed by atoms with Crippen LogP contribution in [0.2, 0.25) is 0 Å². The van der Waals surface area contributed by atoms with Crippen molar-refractivity contribution in [3.63, 3.8) is 0 Å². The van der Waals surface area contributed by atoms with Crippen LogP contribution in [0, 0.1) is 0 Å². The van der Waals surface area contributed by atoms with Crippen LogP contribution in [0.1, 0.15) is 10.5 Å². The summed E-state index contributed by atoms with van der Waals surface area (Å²) in [6.45, 7) is 0. The van der Waals surface area contributed by atoms with Crippen LogP contribution >= 0.6 is 0 Å². The molecule has 0 aliphatic carbocycles. The maximum absolute atomic E-state index is 11.9. The molecule has 1 aromatic carbocycles. The lowest BCUT2D eigenvalue weighted by Crippen LogP contribution is -2.13. The number of carbonyl (C=O) groups excluding carboxylic acids is 1. The number of anilines is 1. The number of pyridine rings is 1. The van der Waals surface area contributed by atoms with Crippen molar-refractivity contribution in [2.24, 2.45) is 0 Å². The lowest BCUT2D eigenvalue weighted by atomic mass is 10.1. The molecule has 0 aliphatic heterocycles. The summed E-state index contributed by atoms with van der Waals surface area (Å²) >= 11 is 0. The van der Waals surface area contributed by atoms with Gasteiger partial charge in [0.25, 0.3) is 5.91 Å². The van der Waals surface area contributed by atoms with Gasteiger partial charge in [-0.15, -0.1) is 0 Å². The quantitative estimate of drug-likeness (QED) is 0.764.